The van der Waals surface area contributed by atoms with Gasteiger partial charge in [0, 0.05) is 42.3 Å². The summed E-state index contributed by atoms with van der Waals surface area (Å²) in [6, 6.07) is 5.69. The predicted octanol–water partition coefficient (Wildman–Crippen LogP) is 4.95. The van der Waals surface area contributed by atoms with Crippen molar-refractivity contribution in [3.8, 4) is 0 Å². The number of carbonyl (C=O) groups is 1. The Kier molecular flexibility index (Phi) is 8.45. The van der Waals surface area contributed by atoms with Crippen LogP contribution in [0, 0.1) is 13.8 Å². The first-order valence-electron chi connectivity index (χ1n) is 10.1. The van der Waals surface area contributed by atoms with E-state index in [1.807, 2.05) is 12.1 Å². The number of aliphatic imine (C=N–C) groups is 1. The zero-order valence-corrected chi connectivity index (χ0v) is 17.9. The first-order valence-corrected chi connectivity index (χ1v) is 10.1. The van der Waals surface area contributed by atoms with E-state index in [0.717, 1.165) is 43.0 Å². The molecule has 1 aromatic heterocycles. The van der Waals surface area contributed by atoms with Gasteiger partial charge in [0.05, 0.1) is 5.69 Å². The monoisotopic (exact) mass is 396 g/mol. The van der Waals surface area contributed by atoms with Crippen LogP contribution >= 0.6 is 0 Å². The summed E-state index contributed by atoms with van der Waals surface area (Å²) in [4.78, 5) is 20.6. The van der Waals surface area contributed by atoms with Gasteiger partial charge in [0.1, 0.15) is 5.82 Å². The average molecular weight is 397 g/mol. The summed E-state index contributed by atoms with van der Waals surface area (Å²) >= 11 is 0. The van der Waals surface area contributed by atoms with Crippen molar-refractivity contribution >= 4 is 35.6 Å². The highest BCUT2D eigenvalue weighted by Gasteiger charge is 2.10. The molecule has 156 valence electrons. The van der Waals surface area contributed by atoms with E-state index in [1.165, 1.54) is 16.6 Å². The Hall–Kier alpha value is -3.09. The fraction of sp³-hybridized carbons (Fsp3) is 0.409. The molecule has 0 spiro atoms. The predicted molar refractivity (Wildman–Crippen MR) is 123 cm³/mol. The van der Waals surface area contributed by atoms with Crippen molar-refractivity contribution in [2.24, 2.45) is 10.1 Å². The van der Waals surface area contributed by atoms with Crippen molar-refractivity contribution < 1.29 is 4.79 Å². The number of fused-ring (bicyclic) bond motifs is 1. The minimum Gasteiger partial charge on any atom is -0.358 e. The largest absolute Gasteiger partial charge is 0.358 e. The first kappa shape index (κ1) is 22.2. The lowest BCUT2D eigenvalue weighted by atomic mass is 10.1. The Morgan fingerprint density at radius 1 is 1.24 bits per heavy atom. The SMILES string of the molecule is C=NC(=O)N/C(=C\C/C=N/Nc1ccc2[nH]c(C)c(C)c2c1)N(CCC)CCC. The summed E-state index contributed by atoms with van der Waals surface area (Å²) in [7, 11) is 0. The highest BCUT2D eigenvalue weighted by atomic mass is 16.2. The molecule has 1 heterocycles. The number of urea groups is 1. The lowest BCUT2D eigenvalue weighted by molar-refractivity contribution is 0.244. The maximum absolute atomic E-state index is 11.7. The zero-order chi connectivity index (χ0) is 21.2. The molecule has 7 nitrogen and oxygen atoms in total. The van der Waals surface area contributed by atoms with Gasteiger partial charge in [-0.15, -0.1) is 0 Å². The van der Waals surface area contributed by atoms with Gasteiger partial charge in [-0.05, 0) is 63.2 Å². The van der Waals surface area contributed by atoms with Crippen LogP contribution in [0.25, 0.3) is 10.9 Å². The van der Waals surface area contributed by atoms with Crippen molar-refractivity contribution in [1.29, 1.82) is 0 Å². The number of aromatic amines is 1. The second-order valence-electron chi connectivity index (χ2n) is 6.96. The zero-order valence-electron chi connectivity index (χ0n) is 17.9. The highest BCUT2D eigenvalue weighted by molar-refractivity contribution is 5.87. The number of rotatable bonds is 10. The third-order valence-electron chi connectivity index (χ3n) is 4.72. The summed E-state index contributed by atoms with van der Waals surface area (Å²) in [6.45, 7) is 13.4. The number of hydrogen-bond acceptors (Lipinski definition) is 4. The smallest absolute Gasteiger partial charge is 0.345 e. The van der Waals surface area contributed by atoms with Gasteiger partial charge in [-0.3, -0.25) is 10.7 Å². The van der Waals surface area contributed by atoms with E-state index in [4.69, 9.17) is 0 Å². The topological polar surface area (TPSA) is 84.9 Å². The van der Waals surface area contributed by atoms with Crippen LogP contribution in [0.2, 0.25) is 0 Å². The molecule has 0 aliphatic heterocycles. The van der Waals surface area contributed by atoms with E-state index in [2.05, 4.69) is 77.3 Å². The fourth-order valence-electron chi connectivity index (χ4n) is 3.17. The quantitative estimate of drug-likeness (QED) is 0.392. The van der Waals surface area contributed by atoms with Crippen LogP contribution in [-0.4, -0.2) is 41.9 Å². The van der Waals surface area contributed by atoms with Crippen molar-refractivity contribution in [3.63, 3.8) is 0 Å². The van der Waals surface area contributed by atoms with Gasteiger partial charge < -0.3 is 9.88 Å². The molecule has 0 fully saturated rings. The molecule has 7 heteroatoms. The molecular weight excluding hydrogens is 364 g/mol. The van der Waals surface area contributed by atoms with Gasteiger partial charge >= 0.3 is 6.03 Å². The van der Waals surface area contributed by atoms with E-state index < -0.39 is 6.03 Å². The van der Waals surface area contributed by atoms with Crippen molar-refractivity contribution in [3.05, 3.63) is 41.4 Å². The Morgan fingerprint density at radius 2 is 1.97 bits per heavy atom. The number of hydrogen-bond donors (Lipinski definition) is 3. The number of anilines is 1. The normalized spacial score (nSPS) is 11.8. The third kappa shape index (κ3) is 6.20. The molecule has 0 bridgehead atoms. The van der Waals surface area contributed by atoms with Gasteiger partial charge in [0.2, 0.25) is 0 Å². The van der Waals surface area contributed by atoms with Crippen LogP contribution in [0.1, 0.15) is 44.4 Å². The summed E-state index contributed by atoms with van der Waals surface area (Å²) in [6.07, 6.45) is 6.29. The van der Waals surface area contributed by atoms with Crippen LogP contribution in [0.4, 0.5) is 10.5 Å². The lowest BCUT2D eigenvalue weighted by Gasteiger charge is -2.26. The fourth-order valence-corrected chi connectivity index (χ4v) is 3.17. The summed E-state index contributed by atoms with van der Waals surface area (Å²) in [5.41, 5.74) is 7.56. The standard InChI is InChI=1S/C22H32N6O/c1-6-13-28(14-7-2)21(26-22(29)23-5)9-8-12-24-27-18-10-11-20-19(15-18)16(3)17(4)25-20/h9-12,15,25,27H,5-8,13-14H2,1-4H3,(H,26,29)/b21-9+,24-12+. The summed E-state index contributed by atoms with van der Waals surface area (Å²) in [5, 5.41) is 8.31. The van der Waals surface area contributed by atoms with E-state index in [1.54, 1.807) is 6.21 Å². The number of allylic oxidation sites excluding steroid dienone is 1. The Morgan fingerprint density at radius 3 is 2.62 bits per heavy atom. The Labute approximate surface area is 173 Å². The number of nitrogens with zero attached hydrogens (tertiary/aromatic N) is 3. The number of nitrogens with one attached hydrogen (secondary N) is 3. The van der Waals surface area contributed by atoms with Gasteiger partial charge in [-0.1, -0.05) is 13.8 Å². The molecular formula is C22H32N6O. The Balaban J connectivity index is 2.04. The molecule has 29 heavy (non-hydrogen) atoms. The second-order valence-corrected chi connectivity index (χ2v) is 6.96. The molecule has 3 N–H and O–H groups in total. The first-order chi connectivity index (χ1) is 14.0. The lowest BCUT2D eigenvalue weighted by Crippen LogP contribution is -2.35. The maximum Gasteiger partial charge on any atom is 0.345 e. The summed E-state index contributed by atoms with van der Waals surface area (Å²) < 4.78 is 0. The van der Waals surface area contributed by atoms with Gasteiger partial charge in [-0.2, -0.15) is 5.10 Å². The number of aryl methyl sites for hydroxylation is 2. The van der Waals surface area contributed by atoms with Gasteiger partial charge in [0.15, 0.2) is 0 Å². The number of hydrazone groups is 1. The molecule has 1 aromatic carbocycles. The van der Waals surface area contributed by atoms with Crippen LogP contribution in [-0.2, 0) is 0 Å². The maximum atomic E-state index is 11.7. The molecule has 0 aliphatic carbocycles. The van der Waals surface area contributed by atoms with E-state index in [0.29, 0.717) is 6.42 Å². The second kappa shape index (κ2) is 11.0. The molecule has 0 radical (unpaired) electrons. The molecule has 2 rings (SSSR count). The van der Waals surface area contributed by atoms with Crippen molar-refractivity contribution in [1.82, 2.24) is 15.2 Å². The van der Waals surface area contributed by atoms with Crippen LogP contribution in [0.3, 0.4) is 0 Å². The van der Waals surface area contributed by atoms with Crippen LogP contribution < -0.4 is 10.7 Å². The third-order valence-corrected chi connectivity index (χ3v) is 4.72. The average Bonchev–Trinajstić information content (AvgIpc) is 3.00. The molecule has 0 saturated heterocycles. The van der Waals surface area contributed by atoms with Crippen LogP contribution in [0.15, 0.2) is 40.2 Å². The molecule has 0 unspecified atom stereocenters. The molecule has 0 aliphatic rings. The number of amides is 2. The number of benzene rings is 1. The number of carbonyl (C=O) groups excluding carboxylic acids is 1. The summed E-state index contributed by atoms with van der Waals surface area (Å²) in [5.74, 6) is 0.748. The number of H-pyrrole nitrogens is 1. The van der Waals surface area contributed by atoms with Crippen molar-refractivity contribution in [2.45, 2.75) is 47.0 Å². The number of aromatic nitrogens is 1. The minimum absolute atomic E-state index is 0.450. The van der Waals surface area contributed by atoms with Gasteiger partial charge in [-0.25, -0.2) is 9.79 Å². The highest BCUT2D eigenvalue weighted by Crippen LogP contribution is 2.24. The van der Waals surface area contributed by atoms with Crippen LogP contribution in [0.5, 0.6) is 0 Å². The van der Waals surface area contributed by atoms with Crippen molar-refractivity contribution in [2.75, 3.05) is 18.5 Å². The molecule has 2 aromatic rings. The molecule has 0 saturated carbocycles. The molecule has 0 atom stereocenters. The molecule has 2 amide bonds. The van der Waals surface area contributed by atoms with E-state index >= 15 is 0 Å². The Bertz CT molecular complexity index is 890. The van der Waals surface area contributed by atoms with E-state index in [9.17, 15) is 4.79 Å². The van der Waals surface area contributed by atoms with Gasteiger partial charge in [0.25, 0.3) is 0 Å². The minimum atomic E-state index is -0.450. The van der Waals surface area contributed by atoms with E-state index in [-0.39, 0.29) is 0 Å².